The zero-order valence-corrected chi connectivity index (χ0v) is 9.44. The number of hydrogen-bond donors (Lipinski definition) is 3. The van der Waals surface area contributed by atoms with Crippen LogP contribution in [0.15, 0.2) is 19.5 Å². The average molecular weight is 239 g/mol. The van der Waals surface area contributed by atoms with Gasteiger partial charge in [-0.15, -0.1) is 0 Å². The van der Waals surface area contributed by atoms with Crippen LogP contribution in [0.4, 0.5) is 0 Å². The summed E-state index contributed by atoms with van der Waals surface area (Å²) in [5.41, 5.74) is 0.522. The maximum Gasteiger partial charge on any atom is 0.342 e. The molecule has 0 saturated heterocycles. The molecule has 0 saturated carbocycles. The number of H-pyrrole nitrogens is 3. The molecule has 0 radical (unpaired) electrons. The monoisotopic (exact) mass is 239 g/mol. The second-order valence-corrected chi connectivity index (χ2v) is 4.18. The zero-order valence-electron chi connectivity index (χ0n) is 8.62. The van der Waals surface area contributed by atoms with Crippen LogP contribution in [-0.2, 0) is 0 Å². The molecule has 0 aliphatic rings. The van der Waals surface area contributed by atoms with Crippen molar-refractivity contribution in [2.45, 2.75) is 23.8 Å². The molecule has 8 heteroatoms. The van der Waals surface area contributed by atoms with Crippen molar-refractivity contribution in [1.82, 2.24) is 25.4 Å². The van der Waals surface area contributed by atoms with Crippen molar-refractivity contribution in [2.75, 3.05) is 0 Å². The van der Waals surface area contributed by atoms with Crippen molar-refractivity contribution < 1.29 is 0 Å². The summed E-state index contributed by atoms with van der Waals surface area (Å²) >= 11 is 1.16. The van der Waals surface area contributed by atoms with Gasteiger partial charge in [0.2, 0.25) is 0 Å². The molecule has 0 spiro atoms. The van der Waals surface area contributed by atoms with Crippen LogP contribution >= 0.6 is 11.8 Å². The van der Waals surface area contributed by atoms with Gasteiger partial charge in [0.1, 0.15) is 0 Å². The number of hydrogen-bond acceptors (Lipinski definition) is 5. The molecule has 0 atom stereocenters. The molecule has 0 unspecified atom stereocenters. The second kappa shape index (κ2) is 3.97. The van der Waals surface area contributed by atoms with Gasteiger partial charge in [-0.2, -0.15) is 10.2 Å². The Morgan fingerprint density at radius 3 is 2.44 bits per heavy atom. The minimum absolute atomic E-state index is 0.187. The first-order valence-corrected chi connectivity index (χ1v) is 5.28. The van der Waals surface area contributed by atoms with Gasteiger partial charge in [0.15, 0.2) is 5.03 Å². The van der Waals surface area contributed by atoms with E-state index in [1.165, 1.54) is 0 Å². The molecular formula is C8H9N5O2S. The van der Waals surface area contributed by atoms with E-state index in [0.29, 0.717) is 0 Å². The van der Waals surface area contributed by atoms with Crippen LogP contribution in [0.5, 0.6) is 0 Å². The number of aromatic nitrogens is 5. The highest BCUT2D eigenvalue weighted by atomic mass is 32.2. The number of aryl methyl sites for hydroxylation is 2. The summed E-state index contributed by atoms with van der Waals surface area (Å²) in [4.78, 5) is 25.1. The first-order chi connectivity index (χ1) is 7.58. The topological polar surface area (TPSA) is 107 Å². The quantitative estimate of drug-likeness (QED) is 0.681. The molecule has 2 heterocycles. The van der Waals surface area contributed by atoms with Gasteiger partial charge in [-0.25, -0.2) is 9.89 Å². The number of aromatic amines is 3. The van der Waals surface area contributed by atoms with Gasteiger partial charge in [-0.3, -0.25) is 14.9 Å². The Morgan fingerprint density at radius 2 is 1.88 bits per heavy atom. The van der Waals surface area contributed by atoms with Crippen molar-refractivity contribution in [1.29, 1.82) is 0 Å². The van der Waals surface area contributed by atoms with E-state index in [-0.39, 0.29) is 5.03 Å². The maximum atomic E-state index is 11.4. The summed E-state index contributed by atoms with van der Waals surface area (Å²) in [6.45, 7) is 3.67. The average Bonchev–Trinajstić information content (AvgIpc) is 2.53. The fraction of sp³-hybridized carbons (Fsp3) is 0.250. The zero-order chi connectivity index (χ0) is 11.7. The highest BCUT2D eigenvalue weighted by molar-refractivity contribution is 7.99. The Balaban J connectivity index is 2.42. The fourth-order valence-corrected chi connectivity index (χ4v) is 2.01. The summed E-state index contributed by atoms with van der Waals surface area (Å²) in [6, 6.07) is 0. The van der Waals surface area contributed by atoms with Crippen molar-refractivity contribution in [2.24, 2.45) is 0 Å². The third kappa shape index (κ3) is 1.91. The molecule has 0 bridgehead atoms. The Kier molecular flexibility index (Phi) is 2.65. The first kappa shape index (κ1) is 10.7. The standard InChI is InChI=1S/C8H9N5O2S/c1-3-5(4(2)11-10-3)16-7-6(14)9-8(15)13-12-7/h1-2H3,(H,10,11)(H2,9,13,14,15). The smallest absolute Gasteiger partial charge is 0.281 e. The van der Waals surface area contributed by atoms with Gasteiger partial charge in [-0.05, 0) is 13.8 Å². The summed E-state index contributed by atoms with van der Waals surface area (Å²) in [6.07, 6.45) is 0. The second-order valence-electron chi connectivity index (χ2n) is 3.18. The predicted octanol–water partition coefficient (Wildman–Crippen LogP) is -0.0507. The Hall–Kier alpha value is -1.83. The molecule has 0 fully saturated rings. The van der Waals surface area contributed by atoms with Crippen LogP contribution in [-0.4, -0.2) is 25.4 Å². The lowest BCUT2D eigenvalue weighted by Crippen LogP contribution is -2.24. The van der Waals surface area contributed by atoms with E-state index in [1.54, 1.807) is 0 Å². The van der Waals surface area contributed by atoms with E-state index in [9.17, 15) is 9.59 Å². The van der Waals surface area contributed by atoms with Crippen molar-refractivity contribution in [3.8, 4) is 0 Å². The molecule has 3 N–H and O–H groups in total. The Labute approximate surface area is 93.7 Å². The van der Waals surface area contributed by atoms with Crippen molar-refractivity contribution in [3.63, 3.8) is 0 Å². The van der Waals surface area contributed by atoms with E-state index in [1.807, 2.05) is 13.8 Å². The molecule has 2 rings (SSSR count). The summed E-state index contributed by atoms with van der Waals surface area (Å²) in [5.74, 6) is 0. The molecule has 84 valence electrons. The first-order valence-electron chi connectivity index (χ1n) is 4.46. The van der Waals surface area contributed by atoms with E-state index in [2.05, 4.69) is 25.4 Å². The molecule has 2 aromatic heterocycles. The van der Waals surface area contributed by atoms with Gasteiger partial charge in [0, 0.05) is 5.69 Å². The summed E-state index contributed by atoms with van der Waals surface area (Å²) in [5, 5.41) is 12.8. The number of nitrogens with zero attached hydrogens (tertiary/aromatic N) is 2. The number of nitrogens with one attached hydrogen (secondary N) is 3. The van der Waals surface area contributed by atoms with Crippen LogP contribution < -0.4 is 11.2 Å². The lowest BCUT2D eigenvalue weighted by atomic mass is 10.4. The third-order valence-electron chi connectivity index (χ3n) is 1.94. The summed E-state index contributed by atoms with van der Waals surface area (Å²) < 4.78 is 0. The van der Waals surface area contributed by atoms with Crippen molar-refractivity contribution in [3.05, 3.63) is 32.2 Å². The molecule has 2 aromatic rings. The van der Waals surface area contributed by atoms with E-state index < -0.39 is 11.2 Å². The molecule has 0 amide bonds. The molecular weight excluding hydrogens is 230 g/mol. The minimum Gasteiger partial charge on any atom is -0.281 e. The van der Waals surface area contributed by atoms with E-state index in [0.717, 1.165) is 28.0 Å². The van der Waals surface area contributed by atoms with Crippen molar-refractivity contribution >= 4 is 11.8 Å². The SMILES string of the molecule is Cc1n[nH]c(C)c1Sc1n[nH]c(=O)[nH]c1=O. The van der Waals surface area contributed by atoms with E-state index >= 15 is 0 Å². The normalized spacial score (nSPS) is 10.6. The number of rotatable bonds is 2. The highest BCUT2D eigenvalue weighted by Crippen LogP contribution is 2.27. The van der Waals surface area contributed by atoms with Crippen LogP contribution in [0.25, 0.3) is 0 Å². The van der Waals surface area contributed by atoms with Crippen LogP contribution in [0.2, 0.25) is 0 Å². The molecule has 7 nitrogen and oxygen atoms in total. The van der Waals surface area contributed by atoms with Gasteiger partial charge in [-0.1, -0.05) is 11.8 Å². The Morgan fingerprint density at radius 1 is 1.12 bits per heavy atom. The van der Waals surface area contributed by atoms with E-state index in [4.69, 9.17) is 0 Å². The summed E-state index contributed by atoms with van der Waals surface area (Å²) in [7, 11) is 0. The van der Waals surface area contributed by atoms with Crippen LogP contribution in [0.3, 0.4) is 0 Å². The molecule has 0 aromatic carbocycles. The lowest BCUT2D eigenvalue weighted by Gasteiger charge is -1.98. The molecule has 16 heavy (non-hydrogen) atoms. The van der Waals surface area contributed by atoms with Crippen LogP contribution in [0.1, 0.15) is 11.4 Å². The third-order valence-corrected chi connectivity index (χ3v) is 3.22. The largest absolute Gasteiger partial charge is 0.342 e. The van der Waals surface area contributed by atoms with Gasteiger partial charge in [0.05, 0.1) is 10.6 Å². The minimum atomic E-state index is -0.616. The van der Waals surface area contributed by atoms with Gasteiger partial charge >= 0.3 is 5.69 Å². The molecule has 0 aliphatic heterocycles. The molecule has 0 aliphatic carbocycles. The van der Waals surface area contributed by atoms with Gasteiger partial charge < -0.3 is 0 Å². The lowest BCUT2D eigenvalue weighted by molar-refractivity contribution is 0.806. The fourth-order valence-electron chi connectivity index (χ4n) is 1.19. The Bertz CT molecular complexity index is 606. The van der Waals surface area contributed by atoms with Crippen LogP contribution in [0, 0.1) is 13.8 Å². The predicted molar refractivity (Wildman–Crippen MR) is 57.7 cm³/mol. The highest BCUT2D eigenvalue weighted by Gasteiger charge is 2.11. The maximum absolute atomic E-state index is 11.4. The van der Waals surface area contributed by atoms with Gasteiger partial charge in [0.25, 0.3) is 5.56 Å².